The van der Waals surface area contributed by atoms with Crippen molar-refractivity contribution < 1.29 is 4.79 Å². The van der Waals surface area contributed by atoms with Crippen molar-refractivity contribution >= 4 is 40.2 Å². The quantitative estimate of drug-likeness (QED) is 0.814. The van der Waals surface area contributed by atoms with Crippen LogP contribution in [0.1, 0.15) is 29.1 Å². The van der Waals surface area contributed by atoms with E-state index < -0.39 is 0 Å². The summed E-state index contributed by atoms with van der Waals surface area (Å²) >= 11 is 9.30. The van der Waals surface area contributed by atoms with E-state index in [9.17, 15) is 4.79 Å². The fraction of sp³-hybridized carbons (Fsp3) is 0.357. The smallest absolute Gasteiger partial charge is 0.221 e. The van der Waals surface area contributed by atoms with Gasteiger partial charge in [0.15, 0.2) is 0 Å². The van der Waals surface area contributed by atoms with Crippen molar-refractivity contribution in [1.29, 1.82) is 0 Å². The zero-order chi connectivity index (χ0) is 14.4. The van der Waals surface area contributed by atoms with Crippen LogP contribution < -0.4 is 10.6 Å². The minimum absolute atomic E-state index is 0.0779. The molecule has 0 aliphatic rings. The maximum atomic E-state index is 11.5. The number of carbonyl (C=O) groups excluding carboxylic acids is 1. The first-order valence-corrected chi connectivity index (χ1v) is 8.57. The predicted octanol–water partition coefficient (Wildman–Crippen LogP) is 3.67. The number of hydrogen-bond donors (Lipinski definition) is 2. The molecular weight excluding hydrogens is 312 g/mol. The Morgan fingerprint density at radius 3 is 2.80 bits per heavy atom. The van der Waals surface area contributed by atoms with Crippen LogP contribution in [-0.4, -0.2) is 19.0 Å². The van der Waals surface area contributed by atoms with Gasteiger partial charge >= 0.3 is 0 Å². The average molecular weight is 329 g/mol. The van der Waals surface area contributed by atoms with Crippen molar-refractivity contribution in [1.82, 2.24) is 10.6 Å². The van der Waals surface area contributed by atoms with Crippen LogP contribution in [0, 0.1) is 0 Å². The number of rotatable bonds is 7. The highest BCUT2D eigenvalue weighted by molar-refractivity contribution is 7.16. The molecule has 0 aliphatic carbocycles. The van der Waals surface area contributed by atoms with Gasteiger partial charge in [-0.2, -0.15) is 0 Å². The van der Waals surface area contributed by atoms with Crippen molar-refractivity contribution in [2.24, 2.45) is 0 Å². The minimum atomic E-state index is 0.0779. The van der Waals surface area contributed by atoms with E-state index in [2.05, 4.69) is 22.1 Å². The largest absolute Gasteiger partial charge is 0.356 e. The van der Waals surface area contributed by atoms with Gasteiger partial charge in [0.2, 0.25) is 5.91 Å². The second-order valence-corrected chi connectivity index (χ2v) is 6.97. The van der Waals surface area contributed by atoms with E-state index in [0.29, 0.717) is 19.5 Å². The van der Waals surface area contributed by atoms with Gasteiger partial charge in [-0.25, -0.2) is 0 Å². The summed E-state index contributed by atoms with van der Waals surface area (Å²) in [6, 6.07) is 8.20. The van der Waals surface area contributed by atoms with Crippen LogP contribution in [0.3, 0.4) is 0 Å². The van der Waals surface area contributed by atoms with Crippen LogP contribution in [0.25, 0.3) is 0 Å². The molecule has 2 N–H and O–H groups in total. The normalized spacial score (nSPS) is 12.3. The Labute approximate surface area is 132 Å². The molecule has 0 radical (unpaired) electrons. The Kier molecular flexibility index (Phi) is 6.04. The van der Waals surface area contributed by atoms with Gasteiger partial charge < -0.3 is 10.6 Å². The Morgan fingerprint density at radius 1 is 1.35 bits per heavy atom. The van der Waals surface area contributed by atoms with Crippen molar-refractivity contribution in [3.63, 3.8) is 0 Å². The molecule has 1 amide bonds. The molecule has 3 nitrogen and oxygen atoms in total. The van der Waals surface area contributed by atoms with Gasteiger partial charge in [0.1, 0.15) is 0 Å². The molecule has 0 fully saturated rings. The first-order chi connectivity index (χ1) is 9.70. The summed E-state index contributed by atoms with van der Waals surface area (Å²) in [7, 11) is 0. The SMILES string of the molecule is CCNC(=O)CCNC(c1cccs1)c1ccc(Cl)s1. The second-order valence-electron chi connectivity index (χ2n) is 4.25. The lowest BCUT2D eigenvalue weighted by atomic mass is 10.2. The highest BCUT2D eigenvalue weighted by atomic mass is 35.5. The molecule has 0 aromatic carbocycles. The Bertz CT molecular complexity index is 539. The van der Waals surface area contributed by atoms with Gasteiger partial charge in [-0.3, -0.25) is 4.79 Å². The predicted molar refractivity (Wildman–Crippen MR) is 86.8 cm³/mol. The number of carbonyl (C=O) groups is 1. The van der Waals surface area contributed by atoms with E-state index >= 15 is 0 Å². The Hall–Kier alpha value is -0.880. The number of thiophene rings is 2. The summed E-state index contributed by atoms with van der Waals surface area (Å²) in [6.45, 7) is 3.24. The van der Waals surface area contributed by atoms with E-state index in [1.165, 1.54) is 9.75 Å². The van der Waals surface area contributed by atoms with Crippen molar-refractivity contribution in [3.05, 3.63) is 43.7 Å². The molecule has 2 rings (SSSR count). The van der Waals surface area contributed by atoms with Crippen LogP contribution in [0.5, 0.6) is 0 Å². The molecule has 108 valence electrons. The van der Waals surface area contributed by atoms with E-state index in [1.807, 2.05) is 25.1 Å². The Morgan fingerprint density at radius 2 is 2.20 bits per heavy atom. The third kappa shape index (κ3) is 4.31. The van der Waals surface area contributed by atoms with E-state index in [4.69, 9.17) is 11.6 Å². The molecule has 0 bridgehead atoms. The molecule has 0 aliphatic heterocycles. The molecule has 6 heteroatoms. The van der Waals surface area contributed by atoms with E-state index in [-0.39, 0.29) is 11.9 Å². The highest BCUT2D eigenvalue weighted by Crippen LogP contribution is 2.32. The monoisotopic (exact) mass is 328 g/mol. The van der Waals surface area contributed by atoms with Gasteiger partial charge in [0.05, 0.1) is 10.4 Å². The summed E-state index contributed by atoms with van der Waals surface area (Å²) < 4.78 is 0.784. The van der Waals surface area contributed by atoms with Gasteiger partial charge in [-0.05, 0) is 30.5 Å². The van der Waals surface area contributed by atoms with Crippen LogP contribution in [0.4, 0.5) is 0 Å². The topological polar surface area (TPSA) is 41.1 Å². The molecular formula is C14H17ClN2OS2. The Balaban J connectivity index is 1.99. The summed E-state index contributed by atoms with van der Waals surface area (Å²) in [5.74, 6) is 0.0779. The lowest BCUT2D eigenvalue weighted by Crippen LogP contribution is -2.29. The molecule has 20 heavy (non-hydrogen) atoms. The second kappa shape index (κ2) is 7.78. The number of hydrogen-bond acceptors (Lipinski definition) is 4. The summed E-state index contributed by atoms with van der Waals surface area (Å²) in [5.41, 5.74) is 0. The molecule has 1 atom stereocenters. The molecule has 0 saturated heterocycles. The first-order valence-electron chi connectivity index (χ1n) is 6.49. The van der Waals surface area contributed by atoms with E-state index in [0.717, 1.165) is 4.34 Å². The van der Waals surface area contributed by atoms with Gasteiger partial charge in [-0.1, -0.05) is 17.7 Å². The summed E-state index contributed by atoms with van der Waals surface area (Å²) in [4.78, 5) is 13.9. The number of amides is 1. The lowest BCUT2D eigenvalue weighted by molar-refractivity contribution is -0.120. The van der Waals surface area contributed by atoms with Crippen molar-refractivity contribution in [2.75, 3.05) is 13.1 Å². The van der Waals surface area contributed by atoms with Crippen LogP contribution in [0.2, 0.25) is 4.34 Å². The maximum absolute atomic E-state index is 11.5. The molecule has 1 unspecified atom stereocenters. The zero-order valence-corrected chi connectivity index (χ0v) is 13.6. The van der Waals surface area contributed by atoms with Gasteiger partial charge in [-0.15, -0.1) is 22.7 Å². The van der Waals surface area contributed by atoms with Gasteiger partial charge in [0.25, 0.3) is 0 Å². The van der Waals surface area contributed by atoms with E-state index in [1.54, 1.807) is 22.7 Å². The summed E-state index contributed by atoms with van der Waals surface area (Å²) in [5, 5.41) is 8.30. The third-order valence-electron chi connectivity index (χ3n) is 2.78. The fourth-order valence-electron chi connectivity index (χ4n) is 1.90. The first kappa shape index (κ1) is 15.5. The highest BCUT2D eigenvalue weighted by Gasteiger charge is 2.17. The lowest BCUT2D eigenvalue weighted by Gasteiger charge is -2.16. The summed E-state index contributed by atoms with van der Waals surface area (Å²) in [6.07, 6.45) is 0.481. The van der Waals surface area contributed by atoms with Crippen LogP contribution in [0.15, 0.2) is 29.6 Å². The molecule has 0 spiro atoms. The maximum Gasteiger partial charge on any atom is 0.221 e. The number of halogens is 1. The molecule has 0 saturated carbocycles. The standard InChI is InChI=1S/C14H17ClN2OS2/c1-2-16-13(18)7-8-17-14(10-4-3-9-19-10)11-5-6-12(15)20-11/h3-6,9,14,17H,2,7-8H2,1H3,(H,16,18). The van der Waals surface area contributed by atoms with Crippen molar-refractivity contribution in [2.45, 2.75) is 19.4 Å². The fourth-order valence-corrected chi connectivity index (χ4v) is 3.94. The third-order valence-corrected chi connectivity index (χ3v) is 5.01. The zero-order valence-electron chi connectivity index (χ0n) is 11.2. The molecule has 2 heterocycles. The van der Waals surface area contributed by atoms with Gasteiger partial charge in [0, 0.05) is 29.3 Å². The van der Waals surface area contributed by atoms with Crippen molar-refractivity contribution in [3.8, 4) is 0 Å². The minimum Gasteiger partial charge on any atom is -0.356 e. The number of nitrogens with one attached hydrogen (secondary N) is 2. The van der Waals surface area contributed by atoms with Crippen LogP contribution in [-0.2, 0) is 4.79 Å². The molecule has 2 aromatic rings. The van der Waals surface area contributed by atoms with Crippen LogP contribution >= 0.6 is 34.3 Å². The molecule has 2 aromatic heterocycles. The average Bonchev–Trinajstić information content (AvgIpc) is 3.06.